The maximum atomic E-state index is 13.0. The number of aromatic nitrogens is 2. The topological polar surface area (TPSA) is 80.5 Å². The number of carbonyl (C=O) groups excluding carboxylic acids is 1. The van der Waals surface area contributed by atoms with Crippen molar-refractivity contribution in [3.8, 4) is 11.4 Å². The molecule has 154 valence electrons. The van der Waals surface area contributed by atoms with Crippen LogP contribution >= 0.6 is 0 Å². The lowest BCUT2D eigenvalue weighted by Gasteiger charge is -2.22. The Morgan fingerprint density at radius 1 is 1.23 bits per heavy atom. The molecule has 2 aliphatic rings. The van der Waals surface area contributed by atoms with Crippen LogP contribution in [0.25, 0.3) is 11.4 Å². The van der Waals surface area contributed by atoms with Crippen molar-refractivity contribution in [1.82, 2.24) is 15.5 Å². The summed E-state index contributed by atoms with van der Waals surface area (Å²) in [6.45, 7) is 3.08. The fourth-order valence-corrected chi connectivity index (χ4v) is 4.39. The van der Waals surface area contributed by atoms with Gasteiger partial charge in [0.1, 0.15) is 6.61 Å². The zero-order valence-electron chi connectivity index (χ0n) is 17.1. The van der Waals surface area contributed by atoms with Gasteiger partial charge in [-0.1, -0.05) is 29.4 Å². The lowest BCUT2D eigenvalue weighted by molar-refractivity contribution is 0.151. The number of benzene rings is 2. The molecule has 1 aliphatic carbocycles. The number of hydrogen-bond acceptors (Lipinski definition) is 5. The van der Waals surface area contributed by atoms with Gasteiger partial charge in [0.05, 0.1) is 6.04 Å². The number of ether oxygens (including phenoxy) is 1. The number of methoxy groups -OCH3 is 1. The molecular weight excluding hydrogens is 380 g/mol. The smallest absolute Gasteiger partial charge is 0.322 e. The quantitative estimate of drug-likeness (QED) is 0.712. The summed E-state index contributed by atoms with van der Waals surface area (Å²) in [5.41, 5.74) is 6.73. The minimum Gasteiger partial charge on any atom is -0.375 e. The van der Waals surface area contributed by atoms with E-state index in [9.17, 15) is 4.79 Å². The molecule has 1 atom stereocenters. The summed E-state index contributed by atoms with van der Waals surface area (Å²) in [5, 5.41) is 7.27. The highest BCUT2D eigenvalue weighted by molar-refractivity contribution is 5.94. The lowest BCUT2D eigenvalue weighted by Crippen LogP contribution is -2.40. The number of carbonyl (C=O) groups is 1. The van der Waals surface area contributed by atoms with E-state index in [2.05, 4.69) is 52.7 Å². The predicted octanol–water partition coefficient (Wildman–Crippen LogP) is 3.95. The van der Waals surface area contributed by atoms with Gasteiger partial charge in [0.15, 0.2) is 0 Å². The number of fused-ring (bicyclic) bond motifs is 2. The average molecular weight is 404 g/mol. The van der Waals surface area contributed by atoms with Crippen LogP contribution < -0.4 is 10.2 Å². The van der Waals surface area contributed by atoms with E-state index in [1.807, 2.05) is 11.0 Å². The Hall–Kier alpha value is -3.19. The van der Waals surface area contributed by atoms with Gasteiger partial charge in [0.2, 0.25) is 5.82 Å². The van der Waals surface area contributed by atoms with Gasteiger partial charge in [-0.25, -0.2) is 4.79 Å². The maximum Gasteiger partial charge on any atom is 0.322 e. The van der Waals surface area contributed by atoms with E-state index in [-0.39, 0.29) is 12.1 Å². The van der Waals surface area contributed by atoms with Crippen molar-refractivity contribution in [1.29, 1.82) is 0 Å². The number of hydrogen-bond donors (Lipinski definition) is 1. The summed E-state index contributed by atoms with van der Waals surface area (Å²) >= 11 is 0. The summed E-state index contributed by atoms with van der Waals surface area (Å²) in [4.78, 5) is 19.2. The molecule has 0 unspecified atom stereocenters. The van der Waals surface area contributed by atoms with Crippen LogP contribution in [-0.4, -0.2) is 29.8 Å². The van der Waals surface area contributed by atoms with E-state index in [0.29, 0.717) is 18.3 Å². The van der Waals surface area contributed by atoms with Crippen LogP contribution in [0.5, 0.6) is 0 Å². The predicted molar refractivity (Wildman–Crippen MR) is 112 cm³/mol. The van der Waals surface area contributed by atoms with Crippen LogP contribution in [-0.2, 0) is 24.2 Å². The van der Waals surface area contributed by atoms with Crippen molar-refractivity contribution >= 4 is 11.7 Å². The van der Waals surface area contributed by atoms with E-state index in [4.69, 9.17) is 9.26 Å². The third kappa shape index (κ3) is 3.35. The first kappa shape index (κ1) is 18.8. The summed E-state index contributed by atoms with van der Waals surface area (Å²) in [5.74, 6) is 1.01. The summed E-state index contributed by atoms with van der Waals surface area (Å²) in [6.07, 6.45) is 2.70. The molecular formula is C23H24N4O3. The van der Waals surface area contributed by atoms with Crippen molar-refractivity contribution in [2.75, 3.05) is 18.6 Å². The Morgan fingerprint density at radius 2 is 2.13 bits per heavy atom. The van der Waals surface area contributed by atoms with E-state index in [1.54, 1.807) is 7.11 Å². The van der Waals surface area contributed by atoms with Crippen LogP contribution in [0.2, 0.25) is 0 Å². The first-order valence-corrected chi connectivity index (χ1v) is 10.2. The minimum atomic E-state index is -0.0244. The molecule has 2 aromatic carbocycles. The third-order valence-corrected chi connectivity index (χ3v) is 5.89. The van der Waals surface area contributed by atoms with Crippen LogP contribution in [0.3, 0.4) is 0 Å². The normalized spacial score (nSPS) is 17.1. The molecule has 7 nitrogen and oxygen atoms in total. The number of anilines is 1. The Bertz CT molecular complexity index is 1110. The molecule has 0 bridgehead atoms. The number of aryl methyl sites for hydroxylation is 2. The molecule has 5 rings (SSSR count). The molecule has 0 spiro atoms. The molecule has 1 aliphatic heterocycles. The number of urea groups is 1. The first-order valence-electron chi connectivity index (χ1n) is 10.2. The highest BCUT2D eigenvalue weighted by Gasteiger charge is 2.29. The molecule has 2 heterocycles. The molecule has 0 fully saturated rings. The Morgan fingerprint density at radius 3 is 3.00 bits per heavy atom. The number of nitrogens with one attached hydrogen (secondary N) is 1. The van der Waals surface area contributed by atoms with E-state index in [0.717, 1.165) is 42.6 Å². The second-order valence-corrected chi connectivity index (χ2v) is 7.93. The summed E-state index contributed by atoms with van der Waals surface area (Å²) < 4.78 is 10.2. The Kier molecular flexibility index (Phi) is 4.75. The summed E-state index contributed by atoms with van der Waals surface area (Å²) in [7, 11) is 1.59. The number of amides is 2. The van der Waals surface area contributed by atoms with Crippen molar-refractivity contribution in [2.24, 2.45) is 0 Å². The van der Waals surface area contributed by atoms with Gasteiger partial charge in [-0.05, 0) is 60.6 Å². The van der Waals surface area contributed by atoms with Gasteiger partial charge in [0, 0.05) is 24.9 Å². The van der Waals surface area contributed by atoms with Crippen molar-refractivity contribution in [2.45, 2.75) is 38.8 Å². The third-order valence-electron chi connectivity index (χ3n) is 5.89. The standard InChI is InChI=1S/C23H24N4O3/c1-14-3-4-15-9-10-27(20(15)11-14)23(28)24-19-8-6-16-12-17(5-7-18(16)19)22-25-21(13-29-2)30-26-22/h3-5,7,11-12,19H,6,8-10,13H2,1-2H3,(H,24,28)/t19-/m1/s1. The number of nitrogens with zero attached hydrogens (tertiary/aromatic N) is 3. The fourth-order valence-electron chi connectivity index (χ4n) is 4.39. The lowest BCUT2D eigenvalue weighted by atomic mass is 10.0. The largest absolute Gasteiger partial charge is 0.375 e. The van der Waals surface area contributed by atoms with Crippen LogP contribution in [0.4, 0.5) is 10.5 Å². The number of rotatable bonds is 4. The van der Waals surface area contributed by atoms with Gasteiger partial charge in [0.25, 0.3) is 5.89 Å². The Labute approximate surface area is 175 Å². The van der Waals surface area contributed by atoms with E-state index < -0.39 is 0 Å². The second-order valence-electron chi connectivity index (χ2n) is 7.93. The highest BCUT2D eigenvalue weighted by atomic mass is 16.5. The molecule has 30 heavy (non-hydrogen) atoms. The van der Waals surface area contributed by atoms with Gasteiger partial charge < -0.3 is 14.6 Å². The molecule has 1 aromatic heterocycles. The molecule has 0 saturated heterocycles. The maximum absolute atomic E-state index is 13.0. The molecule has 7 heteroatoms. The fraction of sp³-hybridized carbons (Fsp3) is 0.348. The zero-order chi connectivity index (χ0) is 20.7. The van der Waals surface area contributed by atoms with Crippen molar-refractivity contribution in [3.63, 3.8) is 0 Å². The molecule has 1 N–H and O–H groups in total. The van der Waals surface area contributed by atoms with Gasteiger partial charge in [-0.3, -0.25) is 4.90 Å². The first-order chi connectivity index (χ1) is 14.6. The summed E-state index contributed by atoms with van der Waals surface area (Å²) in [6, 6.07) is 12.5. The minimum absolute atomic E-state index is 0.0183. The monoisotopic (exact) mass is 404 g/mol. The SMILES string of the molecule is COCc1nc(-c2ccc3c(c2)CC[C@H]3NC(=O)N2CCc3ccc(C)cc32)no1. The molecule has 0 saturated carbocycles. The molecule has 3 aromatic rings. The zero-order valence-corrected chi connectivity index (χ0v) is 17.1. The van der Waals surface area contributed by atoms with Gasteiger partial charge in [-0.2, -0.15) is 4.98 Å². The second kappa shape index (κ2) is 7.57. The van der Waals surface area contributed by atoms with Crippen LogP contribution in [0, 0.1) is 6.92 Å². The van der Waals surface area contributed by atoms with E-state index >= 15 is 0 Å². The van der Waals surface area contributed by atoms with Crippen molar-refractivity contribution in [3.05, 3.63) is 64.5 Å². The molecule has 0 radical (unpaired) electrons. The van der Waals surface area contributed by atoms with Crippen molar-refractivity contribution < 1.29 is 14.1 Å². The van der Waals surface area contributed by atoms with E-state index in [1.165, 1.54) is 16.7 Å². The van der Waals surface area contributed by atoms with Crippen LogP contribution in [0.1, 0.15) is 40.6 Å². The highest BCUT2D eigenvalue weighted by Crippen LogP contribution is 2.35. The molecule has 2 amide bonds. The Balaban J connectivity index is 1.32. The average Bonchev–Trinajstić information content (AvgIpc) is 3.46. The van der Waals surface area contributed by atoms with Gasteiger partial charge >= 0.3 is 6.03 Å². The van der Waals surface area contributed by atoms with Gasteiger partial charge in [-0.15, -0.1) is 0 Å². The van der Waals surface area contributed by atoms with Crippen LogP contribution in [0.15, 0.2) is 40.9 Å².